The van der Waals surface area contributed by atoms with E-state index in [1.165, 1.54) is 12.0 Å². The Morgan fingerprint density at radius 3 is 2.79 bits per heavy atom. The largest absolute Gasteiger partial charge is 0.460 e. The summed E-state index contributed by atoms with van der Waals surface area (Å²) in [4.78, 5) is 16.9. The Balaban J connectivity index is 1.58. The molecule has 3 aromatic heterocycles. The summed E-state index contributed by atoms with van der Waals surface area (Å²) >= 11 is 0. The number of furan rings is 1. The lowest BCUT2D eigenvalue weighted by Gasteiger charge is -2.43. The first-order valence-electron chi connectivity index (χ1n) is 10.3. The molecule has 0 radical (unpaired) electrons. The maximum absolute atomic E-state index is 12.4. The van der Waals surface area contributed by atoms with Crippen LogP contribution in [-0.2, 0) is 23.1 Å². The zero-order valence-electron chi connectivity index (χ0n) is 17.1. The highest BCUT2D eigenvalue weighted by atomic mass is 16.5. The van der Waals surface area contributed by atoms with Crippen LogP contribution in [0.4, 0.5) is 0 Å². The van der Waals surface area contributed by atoms with Gasteiger partial charge in [0.2, 0.25) is 5.76 Å². The van der Waals surface area contributed by atoms with E-state index >= 15 is 0 Å². The first-order valence-corrected chi connectivity index (χ1v) is 10.3. The first-order chi connectivity index (χ1) is 14.0. The minimum absolute atomic E-state index is 0.0809. The van der Waals surface area contributed by atoms with Crippen molar-refractivity contribution in [3.8, 4) is 11.3 Å². The van der Waals surface area contributed by atoms with Crippen molar-refractivity contribution in [2.45, 2.75) is 58.4 Å². The number of carbonyl (C=O) groups is 1. The van der Waals surface area contributed by atoms with Crippen LogP contribution in [0.2, 0.25) is 0 Å². The van der Waals surface area contributed by atoms with Crippen LogP contribution >= 0.6 is 0 Å². The third kappa shape index (κ3) is 2.81. The second kappa shape index (κ2) is 6.58. The van der Waals surface area contributed by atoms with Crippen LogP contribution in [0.1, 0.15) is 64.9 Å². The fourth-order valence-corrected chi connectivity index (χ4v) is 4.68. The molecule has 1 spiro atoms. The van der Waals surface area contributed by atoms with Gasteiger partial charge >= 0.3 is 5.97 Å². The summed E-state index contributed by atoms with van der Waals surface area (Å²) < 4.78 is 13.2. The number of pyridine rings is 1. The standard InChI is InChI=1S/C23H25N3O3/c1-4-28-22(27)21-15(3)19-18(29-21)10-23(8-5-9-23)17-13-26(25-20(17)19)12-16-7-6-14(2)11-24-16/h6-7,11,13H,4-5,8-10,12H2,1-3H3. The van der Waals surface area contributed by atoms with Gasteiger partial charge in [-0.05, 0) is 45.2 Å². The number of ether oxygens (including phenoxy) is 1. The van der Waals surface area contributed by atoms with Gasteiger partial charge in [-0.25, -0.2) is 4.79 Å². The van der Waals surface area contributed by atoms with Gasteiger partial charge in [0.05, 0.1) is 24.5 Å². The summed E-state index contributed by atoms with van der Waals surface area (Å²) in [5.74, 6) is 0.789. The molecule has 150 valence electrons. The van der Waals surface area contributed by atoms with Crippen LogP contribution in [0.5, 0.6) is 0 Å². The topological polar surface area (TPSA) is 70.2 Å². The minimum Gasteiger partial charge on any atom is -0.460 e. The van der Waals surface area contributed by atoms with E-state index in [0.717, 1.165) is 53.1 Å². The predicted octanol–water partition coefficient (Wildman–Crippen LogP) is 4.36. The molecule has 29 heavy (non-hydrogen) atoms. The molecule has 2 aliphatic rings. The lowest BCUT2D eigenvalue weighted by Crippen LogP contribution is -2.38. The van der Waals surface area contributed by atoms with E-state index in [4.69, 9.17) is 14.3 Å². The van der Waals surface area contributed by atoms with Crippen molar-refractivity contribution in [1.29, 1.82) is 0 Å². The summed E-state index contributed by atoms with van der Waals surface area (Å²) in [5, 5.41) is 4.93. The molecule has 0 N–H and O–H groups in total. The highest BCUT2D eigenvalue weighted by molar-refractivity contribution is 5.92. The molecule has 1 fully saturated rings. The monoisotopic (exact) mass is 391 g/mol. The maximum atomic E-state index is 12.4. The number of carbonyl (C=O) groups excluding carboxylic acids is 1. The average molecular weight is 391 g/mol. The normalized spacial score (nSPS) is 16.2. The van der Waals surface area contributed by atoms with Gasteiger partial charge in [-0.2, -0.15) is 5.10 Å². The van der Waals surface area contributed by atoms with Crippen LogP contribution in [0, 0.1) is 13.8 Å². The fourth-order valence-electron chi connectivity index (χ4n) is 4.68. The van der Waals surface area contributed by atoms with Crippen LogP contribution in [-0.4, -0.2) is 27.3 Å². The maximum Gasteiger partial charge on any atom is 0.374 e. The van der Waals surface area contributed by atoms with Gasteiger partial charge in [0, 0.05) is 40.9 Å². The molecule has 0 aliphatic heterocycles. The Kier molecular flexibility index (Phi) is 4.12. The molecule has 0 atom stereocenters. The number of nitrogens with zero attached hydrogens (tertiary/aromatic N) is 3. The molecule has 0 aromatic carbocycles. The van der Waals surface area contributed by atoms with Crippen molar-refractivity contribution in [3.63, 3.8) is 0 Å². The molecule has 6 heteroatoms. The summed E-state index contributed by atoms with van der Waals surface area (Å²) in [5.41, 5.74) is 6.24. The van der Waals surface area contributed by atoms with E-state index in [2.05, 4.69) is 17.2 Å². The van der Waals surface area contributed by atoms with Gasteiger partial charge < -0.3 is 9.15 Å². The van der Waals surface area contributed by atoms with Crippen LogP contribution in [0.3, 0.4) is 0 Å². The number of aryl methyl sites for hydroxylation is 1. The van der Waals surface area contributed by atoms with Gasteiger partial charge in [0.15, 0.2) is 0 Å². The molecule has 3 heterocycles. The van der Waals surface area contributed by atoms with E-state index in [1.807, 2.05) is 30.8 Å². The lowest BCUT2D eigenvalue weighted by atomic mass is 9.59. The Bertz CT molecular complexity index is 1090. The van der Waals surface area contributed by atoms with Crippen molar-refractivity contribution >= 4 is 5.97 Å². The van der Waals surface area contributed by atoms with Gasteiger partial charge in [0.25, 0.3) is 0 Å². The number of fused-ring (bicyclic) bond motifs is 4. The molecule has 0 saturated heterocycles. The highest BCUT2D eigenvalue weighted by Gasteiger charge is 2.47. The average Bonchev–Trinajstić information content (AvgIpc) is 3.22. The number of aromatic nitrogens is 3. The molecular formula is C23H25N3O3. The third-order valence-electron chi connectivity index (χ3n) is 6.36. The quantitative estimate of drug-likeness (QED) is 0.618. The van der Waals surface area contributed by atoms with Crippen LogP contribution in [0.25, 0.3) is 11.3 Å². The van der Waals surface area contributed by atoms with Crippen molar-refractivity contribution in [2.75, 3.05) is 6.61 Å². The Morgan fingerprint density at radius 2 is 2.14 bits per heavy atom. The molecular weight excluding hydrogens is 366 g/mol. The number of hydrogen-bond donors (Lipinski definition) is 0. The van der Waals surface area contributed by atoms with Crippen LogP contribution in [0.15, 0.2) is 28.9 Å². The fraction of sp³-hybridized carbons (Fsp3) is 0.435. The summed E-state index contributed by atoms with van der Waals surface area (Å²) in [7, 11) is 0. The van der Waals surface area contributed by atoms with Gasteiger partial charge in [-0.1, -0.05) is 12.5 Å². The summed E-state index contributed by atoms with van der Waals surface area (Å²) in [6, 6.07) is 4.12. The van der Waals surface area contributed by atoms with Gasteiger partial charge in [-0.15, -0.1) is 0 Å². The molecule has 5 rings (SSSR count). The predicted molar refractivity (Wildman–Crippen MR) is 108 cm³/mol. The van der Waals surface area contributed by atoms with E-state index in [1.54, 1.807) is 6.92 Å². The van der Waals surface area contributed by atoms with E-state index in [0.29, 0.717) is 18.9 Å². The molecule has 6 nitrogen and oxygen atoms in total. The SMILES string of the molecule is CCOC(=O)c1oc2c(c1C)-c1nn(Cc3ccc(C)cn3)cc1C1(CCC1)C2. The number of rotatable bonds is 4. The summed E-state index contributed by atoms with van der Waals surface area (Å²) in [6.07, 6.45) is 8.35. The zero-order valence-corrected chi connectivity index (χ0v) is 17.1. The minimum atomic E-state index is -0.396. The molecule has 0 unspecified atom stereocenters. The second-order valence-electron chi connectivity index (χ2n) is 8.30. The van der Waals surface area contributed by atoms with Crippen molar-refractivity contribution < 1.29 is 13.9 Å². The zero-order chi connectivity index (χ0) is 20.2. The van der Waals surface area contributed by atoms with Crippen molar-refractivity contribution in [1.82, 2.24) is 14.8 Å². The molecule has 3 aromatic rings. The number of hydrogen-bond acceptors (Lipinski definition) is 5. The highest BCUT2D eigenvalue weighted by Crippen LogP contribution is 2.54. The van der Waals surface area contributed by atoms with Gasteiger partial charge in [0.1, 0.15) is 5.76 Å². The van der Waals surface area contributed by atoms with E-state index in [9.17, 15) is 4.79 Å². The van der Waals surface area contributed by atoms with Gasteiger partial charge in [-0.3, -0.25) is 9.67 Å². The van der Waals surface area contributed by atoms with Crippen LogP contribution < -0.4 is 0 Å². The molecule has 2 aliphatic carbocycles. The Hall–Kier alpha value is -2.89. The Labute approximate surface area is 169 Å². The lowest BCUT2D eigenvalue weighted by molar-refractivity contribution is 0.0485. The van der Waals surface area contributed by atoms with Crippen molar-refractivity contribution in [2.24, 2.45) is 0 Å². The number of esters is 1. The first kappa shape index (κ1) is 18.2. The Morgan fingerprint density at radius 1 is 1.31 bits per heavy atom. The molecule has 0 bridgehead atoms. The molecule has 1 saturated carbocycles. The second-order valence-corrected chi connectivity index (χ2v) is 8.30. The van der Waals surface area contributed by atoms with Crippen molar-refractivity contribution in [3.05, 3.63) is 58.4 Å². The summed E-state index contributed by atoms with van der Waals surface area (Å²) in [6.45, 7) is 6.72. The smallest absolute Gasteiger partial charge is 0.374 e. The van der Waals surface area contributed by atoms with E-state index in [-0.39, 0.29) is 5.41 Å². The van der Waals surface area contributed by atoms with E-state index < -0.39 is 5.97 Å². The molecule has 0 amide bonds. The third-order valence-corrected chi connectivity index (χ3v) is 6.36.